The zero-order chi connectivity index (χ0) is 13.0. The molecule has 94 valence electrons. The van der Waals surface area contributed by atoms with Gasteiger partial charge in [-0.3, -0.25) is 4.79 Å². The summed E-state index contributed by atoms with van der Waals surface area (Å²) in [4.78, 5) is 12.0. The Morgan fingerprint density at radius 3 is 2.89 bits per heavy atom. The molecule has 0 atom stereocenters. The van der Waals surface area contributed by atoms with Crippen LogP contribution in [0, 0.1) is 0 Å². The van der Waals surface area contributed by atoms with Crippen LogP contribution in [-0.2, 0) is 9.53 Å². The molecule has 0 aliphatic rings. The highest BCUT2D eigenvalue weighted by Crippen LogP contribution is 2.28. The third kappa shape index (κ3) is 3.27. The average Bonchev–Trinajstić information content (AvgIpc) is 2.83. The summed E-state index contributed by atoms with van der Waals surface area (Å²) in [6.45, 7) is 0.0784. The second kappa shape index (κ2) is 5.92. The highest BCUT2D eigenvalue weighted by atomic mass is 79.9. The Bertz CT molecular complexity index is 541. The van der Waals surface area contributed by atoms with E-state index in [2.05, 4.69) is 36.2 Å². The number of aromatic nitrogens is 2. The number of hydrogen-bond acceptors (Lipinski definition) is 6. The molecule has 0 fully saturated rings. The van der Waals surface area contributed by atoms with Crippen LogP contribution in [0.15, 0.2) is 28.1 Å². The van der Waals surface area contributed by atoms with Crippen LogP contribution >= 0.6 is 27.3 Å². The van der Waals surface area contributed by atoms with Gasteiger partial charge in [-0.25, -0.2) is 0 Å². The number of hydrogen-bond donors (Lipinski definition) is 1. The first-order valence-electron chi connectivity index (χ1n) is 5.08. The van der Waals surface area contributed by atoms with E-state index in [0.717, 1.165) is 15.0 Å². The molecule has 0 amide bonds. The Kier molecular flexibility index (Phi) is 4.27. The van der Waals surface area contributed by atoms with Gasteiger partial charge in [0, 0.05) is 9.85 Å². The maximum absolute atomic E-state index is 10.9. The normalized spacial score (nSPS) is 10.1. The molecule has 18 heavy (non-hydrogen) atoms. The molecule has 0 radical (unpaired) electrons. The lowest BCUT2D eigenvalue weighted by molar-refractivity contribution is -0.138. The van der Waals surface area contributed by atoms with Gasteiger partial charge in [0.05, 0.1) is 12.0 Å². The van der Waals surface area contributed by atoms with Crippen LogP contribution in [0.25, 0.3) is 10.6 Å². The van der Waals surface area contributed by atoms with E-state index in [1.807, 2.05) is 17.5 Å². The van der Waals surface area contributed by atoms with Crippen molar-refractivity contribution in [3.05, 3.63) is 28.1 Å². The second-order valence-electron chi connectivity index (χ2n) is 3.36. The molecule has 0 saturated heterocycles. The number of halogens is 1. The highest BCUT2D eigenvalue weighted by Gasteiger charge is 2.05. The van der Waals surface area contributed by atoms with E-state index in [-0.39, 0.29) is 12.5 Å². The molecule has 5 nitrogen and oxygen atoms in total. The van der Waals surface area contributed by atoms with Crippen molar-refractivity contribution < 1.29 is 9.53 Å². The van der Waals surface area contributed by atoms with E-state index in [9.17, 15) is 4.79 Å². The molecule has 2 heterocycles. The number of anilines is 1. The molecule has 2 aromatic rings. The number of esters is 1. The lowest BCUT2D eigenvalue weighted by Crippen LogP contribution is -2.15. The minimum atomic E-state index is -0.344. The summed E-state index contributed by atoms with van der Waals surface area (Å²) in [6, 6.07) is 5.61. The lowest BCUT2D eigenvalue weighted by atomic mass is 10.3. The Hall–Kier alpha value is -1.47. The minimum absolute atomic E-state index is 0.0784. The van der Waals surface area contributed by atoms with Crippen molar-refractivity contribution in [1.29, 1.82) is 0 Å². The highest BCUT2D eigenvalue weighted by molar-refractivity contribution is 9.10. The molecule has 7 heteroatoms. The van der Waals surface area contributed by atoms with E-state index >= 15 is 0 Å². The van der Waals surface area contributed by atoms with Gasteiger partial charge in [0.2, 0.25) is 0 Å². The molecule has 0 aliphatic heterocycles. The van der Waals surface area contributed by atoms with Gasteiger partial charge >= 0.3 is 5.97 Å². The summed E-state index contributed by atoms with van der Waals surface area (Å²) >= 11 is 4.98. The van der Waals surface area contributed by atoms with E-state index in [1.165, 1.54) is 7.11 Å². The number of thiophene rings is 1. The number of carbonyl (C=O) groups is 1. The van der Waals surface area contributed by atoms with Gasteiger partial charge in [-0.2, -0.15) is 0 Å². The summed E-state index contributed by atoms with van der Waals surface area (Å²) in [5.74, 6) is 0.197. The van der Waals surface area contributed by atoms with Crippen molar-refractivity contribution in [3.8, 4) is 10.6 Å². The first-order chi connectivity index (χ1) is 8.69. The first kappa shape index (κ1) is 13.0. The predicted molar refractivity (Wildman–Crippen MR) is 73.6 cm³/mol. The molecular formula is C11H10BrN3O2S. The average molecular weight is 328 g/mol. The number of nitrogens with zero attached hydrogens (tertiary/aromatic N) is 2. The second-order valence-corrected chi connectivity index (χ2v) is 5.19. The molecule has 0 aromatic carbocycles. The topological polar surface area (TPSA) is 64.1 Å². The fraction of sp³-hybridized carbons (Fsp3) is 0.182. The quantitative estimate of drug-likeness (QED) is 0.874. The third-order valence-corrected chi connectivity index (χ3v) is 3.84. The summed E-state index contributed by atoms with van der Waals surface area (Å²) in [5.41, 5.74) is 0.800. The van der Waals surface area contributed by atoms with Gasteiger partial charge < -0.3 is 10.1 Å². The maximum atomic E-state index is 10.9. The number of ether oxygens (including phenoxy) is 1. The fourth-order valence-corrected chi connectivity index (χ4v) is 2.63. The Balaban J connectivity index is 2.03. The molecule has 0 bridgehead atoms. The van der Waals surface area contributed by atoms with E-state index in [0.29, 0.717) is 5.82 Å². The van der Waals surface area contributed by atoms with Crippen molar-refractivity contribution in [2.75, 3.05) is 19.0 Å². The van der Waals surface area contributed by atoms with Crippen LogP contribution in [0.1, 0.15) is 0 Å². The molecule has 2 aromatic heterocycles. The van der Waals surface area contributed by atoms with Crippen LogP contribution in [0.3, 0.4) is 0 Å². The predicted octanol–water partition coefficient (Wildman–Crippen LogP) is 2.55. The maximum Gasteiger partial charge on any atom is 0.325 e. The van der Waals surface area contributed by atoms with Crippen molar-refractivity contribution in [2.24, 2.45) is 0 Å². The molecule has 0 aliphatic carbocycles. The summed E-state index contributed by atoms with van der Waals surface area (Å²) in [7, 11) is 1.34. The minimum Gasteiger partial charge on any atom is -0.468 e. The van der Waals surface area contributed by atoms with Crippen LogP contribution < -0.4 is 5.32 Å². The van der Waals surface area contributed by atoms with Crippen LogP contribution in [0.4, 0.5) is 5.82 Å². The van der Waals surface area contributed by atoms with E-state index < -0.39 is 0 Å². The zero-order valence-corrected chi connectivity index (χ0v) is 11.9. The van der Waals surface area contributed by atoms with Crippen molar-refractivity contribution in [1.82, 2.24) is 10.2 Å². The SMILES string of the molecule is COC(=O)CNc1ccc(-c2cc(Br)cs2)nn1. The molecule has 0 saturated carbocycles. The van der Waals surface area contributed by atoms with Gasteiger partial charge in [0.1, 0.15) is 18.1 Å². The van der Waals surface area contributed by atoms with Gasteiger partial charge in [0.15, 0.2) is 0 Å². The van der Waals surface area contributed by atoms with Gasteiger partial charge in [0.25, 0.3) is 0 Å². The van der Waals surface area contributed by atoms with Crippen LogP contribution in [0.2, 0.25) is 0 Å². The number of rotatable bonds is 4. The number of nitrogens with one attached hydrogen (secondary N) is 1. The number of carbonyl (C=O) groups excluding carboxylic acids is 1. The molecular weight excluding hydrogens is 318 g/mol. The Labute approximate surface area is 116 Å². The van der Waals surface area contributed by atoms with Crippen molar-refractivity contribution in [2.45, 2.75) is 0 Å². The van der Waals surface area contributed by atoms with Crippen LogP contribution in [0.5, 0.6) is 0 Å². The standard InChI is InChI=1S/C11H10BrN3O2S/c1-17-11(16)5-13-10-3-2-8(14-15-10)9-4-7(12)6-18-9/h2-4,6H,5H2,1H3,(H,13,15). The summed E-state index contributed by atoms with van der Waals surface area (Å²) < 4.78 is 5.54. The van der Waals surface area contributed by atoms with Gasteiger partial charge in [-0.1, -0.05) is 0 Å². The zero-order valence-electron chi connectivity index (χ0n) is 9.51. The van der Waals surface area contributed by atoms with Gasteiger partial charge in [-0.05, 0) is 34.1 Å². The van der Waals surface area contributed by atoms with Crippen molar-refractivity contribution >= 4 is 39.1 Å². The summed E-state index contributed by atoms with van der Waals surface area (Å²) in [6.07, 6.45) is 0. The fourth-order valence-electron chi connectivity index (χ4n) is 1.24. The van der Waals surface area contributed by atoms with E-state index in [1.54, 1.807) is 17.4 Å². The molecule has 0 unspecified atom stereocenters. The molecule has 2 rings (SSSR count). The van der Waals surface area contributed by atoms with Crippen molar-refractivity contribution in [3.63, 3.8) is 0 Å². The monoisotopic (exact) mass is 327 g/mol. The Morgan fingerprint density at radius 2 is 2.33 bits per heavy atom. The lowest BCUT2D eigenvalue weighted by Gasteiger charge is -2.03. The number of methoxy groups -OCH3 is 1. The summed E-state index contributed by atoms with van der Waals surface area (Å²) in [5, 5.41) is 12.9. The first-order valence-corrected chi connectivity index (χ1v) is 6.75. The largest absolute Gasteiger partial charge is 0.468 e. The molecule has 1 N–H and O–H groups in total. The molecule has 0 spiro atoms. The van der Waals surface area contributed by atoms with E-state index in [4.69, 9.17) is 0 Å². The Morgan fingerprint density at radius 1 is 1.50 bits per heavy atom. The smallest absolute Gasteiger partial charge is 0.325 e. The third-order valence-electron chi connectivity index (χ3n) is 2.13. The van der Waals surface area contributed by atoms with Gasteiger partial charge in [-0.15, -0.1) is 21.5 Å². The van der Waals surface area contributed by atoms with Crippen LogP contribution in [-0.4, -0.2) is 29.8 Å².